The van der Waals surface area contributed by atoms with Crippen LogP contribution in [0.2, 0.25) is 0 Å². The van der Waals surface area contributed by atoms with E-state index in [2.05, 4.69) is 47.9 Å². The molecule has 0 saturated heterocycles. The maximum Gasteiger partial charge on any atom is 0.183 e. The Hall–Kier alpha value is -2.11. The first kappa shape index (κ1) is 17.3. The molecule has 4 rings (SSSR count). The number of carbonyl (C=O) groups excluding carboxylic acids is 1. The van der Waals surface area contributed by atoms with Gasteiger partial charge in [0.15, 0.2) is 5.78 Å². The minimum atomic E-state index is 0.0347. The van der Waals surface area contributed by atoms with Crippen LogP contribution in [-0.2, 0) is 4.79 Å². The number of hydrogen-bond acceptors (Lipinski definition) is 5. The van der Waals surface area contributed by atoms with E-state index >= 15 is 0 Å². The van der Waals surface area contributed by atoms with Crippen molar-refractivity contribution < 1.29 is 4.79 Å². The van der Waals surface area contributed by atoms with Crippen molar-refractivity contribution >= 4 is 40.7 Å². The zero-order chi connectivity index (χ0) is 18.1. The summed E-state index contributed by atoms with van der Waals surface area (Å²) < 4.78 is 0. The van der Waals surface area contributed by atoms with Gasteiger partial charge in [-0.15, -0.1) is 0 Å². The van der Waals surface area contributed by atoms with E-state index in [9.17, 15) is 4.79 Å². The Labute approximate surface area is 162 Å². The number of anilines is 2. The van der Waals surface area contributed by atoms with Crippen LogP contribution in [0.5, 0.6) is 0 Å². The summed E-state index contributed by atoms with van der Waals surface area (Å²) in [5, 5.41) is 2.00. The molecule has 5 heteroatoms. The summed E-state index contributed by atoms with van der Waals surface area (Å²) in [5.74, 6) is 0.0347. The zero-order valence-corrected chi connectivity index (χ0v) is 16.4. The fourth-order valence-electron chi connectivity index (χ4n) is 3.26. The molecule has 3 nitrogen and oxygen atoms in total. The Morgan fingerprint density at radius 3 is 1.65 bits per heavy atom. The average molecular weight is 381 g/mol. The Morgan fingerprint density at radius 2 is 1.23 bits per heavy atom. The molecule has 0 spiro atoms. The van der Waals surface area contributed by atoms with Crippen LogP contribution < -0.4 is 9.80 Å². The molecule has 0 bridgehead atoms. The monoisotopic (exact) mass is 380 g/mol. The van der Waals surface area contributed by atoms with Gasteiger partial charge in [0, 0.05) is 35.0 Å². The van der Waals surface area contributed by atoms with Gasteiger partial charge in [-0.05, 0) is 38.1 Å². The lowest BCUT2D eigenvalue weighted by Gasteiger charge is -2.18. The van der Waals surface area contributed by atoms with Gasteiger partial charge in [-0.2, -0.15) is 0 Å². The lowest BCUT2D eigenvalue weighted by molar-refractivity contribution is -0.110. The molecule has 0 N–H and O–H groups in total. The second-order valence-electron chi connectivity index (χ2n) is 6.00. The smallest absolute Gasteiger partial charge is 0.183 e. The number of fused-ring (bicyclic) bond motifs is 2. The Morgan fingerprint density at radius 1 is 0.808 bits per heavy atom. The maximum atomic E-state index is 12.7. The van der Waals surface area contributed by atoms with Crippen LogP contribution >= 0.6 is 23.5 Å². The summed E-state index contributed by atoms with van der Waals surface area (Å²) in [6.07, 6.45) is 3.52. The lowest BCUT2D eigenvalue weighted by Crippen LogP contribution is -2.18. The summed E-state index contributed by atoms with van der Waals surface area (Å²) in [6.45, 7) is 5.92. The molecule has 2 heterocycles. The van der Waals surface area contributed by atoms with E-state index < -0.39 is 0 Å². The zero-order valence-electron chi connectivity index (χ0n) is 14.8. The predicted molar refractivity (Wildman–Crippen MR) is 112 cm³/mol. The fraction of sp³-hybridized carbons (Fsp3) is 0.190. The van der Waals surface area contributed by atoms with E-state index in [0.717, 1.165) is 23.1 Å². The highest BCUT2D eigenvalue weighted by molar-refractivity contribution is 8.04. The van der Waals surface area contributed by atoms with Gasteiger partial charge in [0.25, 0.3) is 0 Å². The molecule has 2 aromatic rings. The van der Waals surface area contributed by atoms with E-state index in [1.165, 1.54) is 21.2 Å². The first-order chi connectivity index (χ1) is 12.7. The molecule has 2 aliphatic heterocycles. The molecule has 0 saturated carbocycles. The molecule has 2 aliphatic rings. The van der Waals surface area contributed by atoms with E-state index in [4.69, 9.17) is 0 Å². The van der Waals surface area contributed by atoms with Crippen molar-refractivity contribution in [1.29, 1.82) is 0 Å². The van der Waals surface area contributed by atoms with Crippen molar-refractivity contribution in [3.63, 3.8) is 0 Å². The standard InChI is InChI=1S/C21H20N2OS2/c1-3-22-16-9-5-7-11-18(16)25-20(22)13-15(24)14-21-23(4-2)17-10-6-8-12-19(17)26-21/h5-14H,3-4H2,1-2H3/b20-13-,21-14-. The third-order valence-electron chi connectivity index (χ3n) is 4.44. The van der Waals surface area contributed by atoms with Crippen LogP contribution in [0.4, 0.5) is 11.4 Å². The third kappa shape index (κ3) is 3.06. The molecule has 0 aliphatic carbocycles. The number of nitrogens with zero attached hydrogens (tertiary/aromatic N) is 2. The Balaban J connectivity index is 1.60. The predicted octanol–water partition coefficient (Wildman–Crippen LogP) is 5.50. The first-order valence-electron chi connectivity index (χ1n) is 8.77. The van der Waals surface area contributed by atoms with Gasteiger partial charge in [0.05, 0.1) is 21.4 Å². The summed E-state index contributed by atoms with van der Waals surface area (Å²) >= 11 is 3.33. The lowest BCUT2D eigenvalue weighted by atomic mass is 10.2. The van der Waals surface area contributed by atoms with Crippen molar-refractivity contribution in [2.24, 2.45) is 0 Å². The quantitative estimate of drug-likeness (QED) is 0.652. The van der Waals surface area contributed by atoms with E-state index in [-0.39, 0.29) is 5.78 Å². The molecule has 0 radical (unpaired) electrons. The Bertz CT molecular complexity index is 846. The number of allylic oxidation sites excluding steroid dienone is 2. The number of rotatable bonds is 4. The molecule has 0 aromatic heterocycles. The van der Waals surface area contributed by atoms with Gasteiger partial charge in [-0.3, -0.25) is 4.79 Å². The van der Waals surface area contributed by atoms with Crippen LogP contribution in [0, 0.1) is 0 Å². The molecule has 0 amide bonds. The number of ketones is 1. The molecular formula is C21H20N2OS2. The van der Waals surface area contributed by atoms with Gasteiger partial charge in [-0.25, -0.2) is 0 Å². The summed E-state index contributed by atoms with van der Waals surface area (Å²) in [7, 11) is 0. The summed E-state index contributed by atoms with van der Waals surface area (Å²) in [4.78, 5) is 19.6. The highest BCUT2D eigenvalue weighted by Gasteiger charge is 2.26. The van der Waals surface area contributed by atoms with Gasteiger partial charge < -0.3 is 9.80 Å². The van der Waals surface area contributed by atoms with Crippen LogP contribution in [-0.4, -0.2) is 18.9 Å². The van der Waals surface area contributed by atoms with Crippen LogP contribution in [0.1, 0.15) is 13.8 Å². The number of benzene rings is 2. The molecule has 0 atom stereocenters. The van der Waals surface area contributed by atoms with Crippen LogP contribution in [0.25, 0.3) is 0 Å². The maximum absolute atomic E-state index is 12.7. The SMILES string of the molecule is CCN1/C(=C/C(=O)/C=C2\Sc3ccccc3N2CC)Sc2ccccc21. The highest BCUT2D eigenvalue weighted by Crippen LogP contribution is 2.47. The second kappa shape index (κ2) is 7.25. The topological polar surface area (TPSA) is 23.6 Å². The van der Waals surface area contributed by atoms with Crippen LogP contribution in [0.3, 0.4) is 0 Å². The molecule has 0 unspecified atom stereocenters. The molecular weight excluding hydrogens is 360 g/mol. The largest absolute Gasteiger partial charge is 0.335 e. The first-order valence-corrected chi connectivity index (χ1v) is 10.4. The fourth-order valence-corrected chi connectivity index (χ4v) is 5.59. The molecule has 0 fully saturated rings. The van der Waals surface area contributed by atoms with Crippen molar-refractivity contribution in [2.45, 2.75) is 23.6 Å². The number of carbonyl (C=O) groups is 1. The van der Waals surface area contributed by atoms with Gasteiger partial charge >= 0.3 is 0 Å². The van der Waals surface area contributed by atoms with Gasteiger partial charge in [0.2, 0.25) is 0 Å². The van der Waals surface area contributed by atoms with E-state index in [0.29, 0.717) is 0 Å². The minimum absolute atomic E-state index is 0.0347. The average Bonchev–Trinajstić information content (AvgIpc) is 3.17. The molecule has 2 aromatic carbocycles. The normalized spacial score (nSPS) is 18.5. The van der Waals surface area contributed by atoms with E-state index in [1.807, 2.05) is 24.3 Å². The molecule has 26 heavy (non-hydrogen) atoms. The number of para-hydroxylation sites is 2. The summed E-state index contributed by atoms with van der Waals surface area (Å²) in [6, 6.07) is 16.6. The second-order valence-corrected chi connectivity index (χ2v) is 8.12. The Kier molecular flexibility index (Phi) is 4.83. The highest BCUT2D eigenvalue weighted by atomic mass is 32.2. The van der Waals surface area contributed by atoms with Crippen molar-refractivity contribution in [3.05, 3.63) is 70.7 Å². The van der Waals surface area contributed by atoms with Gasteiger partial charge in [0.1, 0.15) is 0 Å². The van der Waals surface area contributed by atoms with Crippen molar-refractivity contribution in [2.75, 3.05) is 22.9 Å². The number of thioether (sulfide) groups is 2. The summed E-state index contributed by atoms with van der Waals surface area (Å²) in [5.41, 5.74) is 2.37. The van der Waals surface area contributed by atoms with E-state index in [1.54, 1.807) is 35.7 Å². The van der Waals surface area contributed by atoms with Crippen molar-refractivity contribution in [3.8, 4) is 0 Å². The van der Waals surface area contributed by atoms with Crippen LogP contribution in [0.15, 0.2) is 80.5 Å². The third-order valence-corrected chi connectivity index (χ3v) is 6.66. The minimum Gasteiger partial charge on any atom is -0.335 e. The number of hydrogen-bond donors (Lipinski definition) is 0. The van der Waals surface area contributed by atoms with Crippen molar-refractivity contribution in [1.82, 2.24) is 0 Å². The van der Waals surface area contributed by atoms with Gasteiger partial charge in [-0.1, -0.05) is 47.8 Å². The molecule has 132 valence electrons.